The molecule has 7 amide bonds. The van der Waals surface area contributed by atoms with Crippen molar-refractivity contribution in [1.29, 1.82) is 0 Å². The molecule has 0 bridgehead atoms. The zero-order valence-corrected chi connectivity index (χ0v) is 40.6. The maximum absolute atomic E-state index is 14.4. The van der Waals surface area contributed by atoms with Gasteiger partial charge in [0.2, 0.25) is 41.4 Å². The number of amides is 7. The summed E-state index contributed by atoms with van der Waals surface area (Å²) in [5, 5.41) is 29.3. The second-order valence-electron chi connectivity index (χ2n) is 16.4. The monoisotopic (exact) mass is 1000 g/mol. The Balaban J connectivity index is 2.06. The minimum Gasteiger partial charge on any atom is -0.480 e. The molecule has 0 spiro atoms. The van der Waals surface area contributed by atoms with Gasteiger partial charge in [-0.05, 0) is 69.7 Å². The summed E-state index contributed by atoms with van der Waals surface area (Å²) in [5.41, 5.74) is 23.0. The lowest BCUT2D eigenvalue weighted by Crippen LogP contribution is -2.61. The number of carbonyl (C=O) groups excluding carboxylic acids is 7. The van der Waals surface area contributed by atoms with Crippen LogP contribution in [0.4, 0.5) is 0 Å². The number of aliphatic carboxylic acids is 1. The molecule has 0 radical (unpaired) electrons. The van der Waals surface area contributed by atoms with Gasteiger partial charge >= 0.3 is 5.97 Å². The second kappa shape index (κ2) is 27.5. The van der Waals surface area contributed by atoms with Crippen molar-refractivity contribution in [1.82, 2.24) is 37.2 Å². The average Bonchev–Trinajstić information content (AvgIpc) is 3.26. The van der Waals surface area contributed by atoms with Gasteiger partial charge in [-0.1, -0.05) is 75.7 Å². The first-order valence-electron chi connectivity index (χ1n) is 21.6. The number of nitrogens with two attached hydrogens (primary N) is 4. The molecule has 0 unspecified atom stereocenters. The Bertz CT molecular complexity index is 2140. The van der Waals surface area contributed by atoms with E-state index in [1.54, 1.807) is 68.4 Å². The fraction of sp³-hybridized carbons (Fsp3) is 0.488. The van der Waals surface area contributed by atoms with Crippen LogP contribution < -0.4 is 60.2 Å². The fourth-order valence-corrected chi connectivity index (χ4v) is 9.61. The van der Waals surface area contributed by atoms with Gasteiger partial charge in [0.15, 0.2) is 11.9 Å². The molecule has 1 aliphatic rings. The highest BCUT2D eigenvalue weighted by Gasteiger charge is 2.41. The third kappa shape index (κ3) is 19.5. The highest BCUT2D eigenvalue weighted by Crippen LogP contribution is 2.39. The Morgan fingerprint density at radius 2 is 1.29 bits per heavy atom. The molecule has 1 saturated heterocycles. The summed E-state index contributed by atoms with van der Waals surface area (Å²) in [7, 11) is 1.99. The molecule has 0 saturated carbocycles. The number of carboxylic acid groups (broad SMARTS) is 1. The molecule has 372 valence electrons. The third-order valence-electron chi connectivity index (χ3n) is 10.2. The Morgan fingerprint density at radius 3 is 1.85 bits per heavy atom. The number of nitrogens with one attached hydrogen (secondary N) is 7. The molecule has 0 aromatic heterocycles. The minimum absolute atomic E-state index is 0.0499. The smallest absolute Gasteiger partial charge is 0.327 e. The summed E-state index contributed by atoms with van der Waals surface area (Å²) < 4.78 is -1.30. The van der Waals surface area contributed by atoms with Crippen LogP contribution in [-0.4, -0.2) is 130 Å². The number of carbonyl (C=O) groups is 8. The van der Waals surface area contributed by atoms with E-state index in [0.29, 0.717) is 22.6 Å². The van der Waals surface area contributed by atoms with Crippen LogP contribution in [0.2, 0.25) is 5.02 Å². The number of nitrogens with zero attached hydrogens (tertiary/aromatic N) is 2. The molecule has 0 aliphatic carbocycles. The first-order chi connectivity index (χ1) is 32.1. The molecule has 7 atom stereocenters. The standard InChI is InChI=1S/C43H62ClN13O9S2/c1-23(51-35(60)28(52-24(2)58)12-8-18-49-41(45)46)34(59)56-32-22-67-68-43(3,4)33(40(65)66)57-38(63)31(21-26-14-16-27(44)17-15-26)55-37(62)30(20-25-10-6-5-7-11-25)54-36(61)29(53-39(32)64)13-9-19-50-42(47)48/h5-7,10-11,14-17,23,28-33H,8-9,12-13,18-22H2,1-4H3,(H,51,60)(H,52,58)(H,53,64)(H,54,61)(H,55,62)(H,56,59)(H,57,63)(H,65,66)(H4,45,46,49)(H4,47,48,50)/t23-,28-,29-,30-,31-,32+,33+/m0/s1. The van der Waals surface area contributed by atoms with Crippen molar-refractivity contribution >= 4 is 92.4 Å². The van der Waals surface area contributed by atoms with Gasteiger partial charge in [-0.15, -0.1) is 0 Å². The molecule has 3 rings (SSSR count). The molecule has 1 heterocycles. The lowest BCUT2D eigenvalue weighted by molar-refractivity contribution is -0.143. The van der Waals surface area contributed by atoms with Crippen molar-refractivity contribution in [2.75, 3.05) is 18.8 Å². The van der Waals surface area contributed by atoms with E-state index in [0.717, 1.165) is 21.6 Å². The van der Waals surface area contributed by atoms with Gasteiger partial charge in [-0.2, -0.15) is 0 Å². The molecule has 2 aromatic carbocycles. The summed E-state index contributed by atoms with van der Waals surface area (Å²) in [4.78, 5) is 117. The van der Waals surface area contributed by atoms with E-state index in [9.17, 15) is 43.5 Å². The molecule has 1 fully saturated rings. The van der Waals surface area contributed by atoms with Gasteiger partial charge in [0.05, 0.1) is 4.75 Å². The van der Waals surface area contributed by atoms with E-state index in [4.69, 9.17) is 34.5 Å². The second-order valence-corrected chi connectivity index (χ2v) is 19.8. The average molecular weight is 1000 g/mol. The number of hydrogen-bond donors (Lipinski definition) is 12. The quantitative estimate of drug-likeness (QED) is 0.0366. The summed E-state index contributed by atoms with van der Waals surface area (Å²) in [5.74, 6) is -7.29. The predicted octanol–water partition coefficient (Wildman–Crippen LogP) is -1.08. The highest BCUT2D eigenvalue weighted by atomic mass is 35.5. The van der Waals surface area contributed by atoms with Crippen molar-refractivity contribution in [2.45, 2.75) is 113 Å². The van der Waals surface area contributed by atoms with Gasteiger partial charge in [0.25, 0.3) is 0 Å². The van der Waals surface area contributed by atoms with Crippen LogP contribution in [-0.2, 0) is 51.2 Å². The maximum atomic E-state index is 14.4. The zero-order valence-electron chi connectivity index (χ0n) is 38.2. The van der Waals surface area contributed by atoms with Gasteiger partial charge in [-0.25, -0.2) is 4.79 Å². The lowest BCUT2D eigenvalue weighted by atomic mass is 10.00. The summed E-state index contributed by atoms with van der Waals surface area (Å²) in [6.45, 7) is 5.93. The van der Waals surface area contributed by atoms with E-state index in [-0.39, 0.29) is 62.9 Å². The van der Waals surface area contributed by atoms with Gasteiger partial charge in [-0.3, -0.25) is 43.5 Å². The van der Waals surface area contributed by atoms with E-state index in [1.807, 2.05) is 0 Å². The van der Waals surface area contributed by atoms with Crippen molar-refractivity contribution < 1.29 is 43.5 Å². The Labute approximate surface area is 407 Å². The largest absolute Gasteiger partial charge is 0.480 e. The normalized spacial score (nSPS) is 21.1. The number of aliphatic imine (C=N–C) groups is 2. The molecule has 25 heteroatoms. The minimum atomic E-state index is -1.56. The Kier molecular flexibility index (Phi) is 22.7. The van der Waals surface area contributed by atoms with Crippen LogP contribution in [0.15, 0.2) is 64.6 Å². The number of halogens is 1. The van der Waals surface area contributed by atoms with Crippen LogP contribution in [0, 0.1) is 0 Å². The van der Waals surface area contributed by atoms with E-state index in [1.165, 1.54) is 13.8 Å². The molecule has 1 aliphatic heterocycles. The molecule has 16 N–H and O–H groups in total. The van der Waals surface area contributed by atoms with Gasteiger partial charge in [0.1, 0.15) is 42.3 Å². The van der Waals surface area contributed by atoms with Crippen LogP contribution in [0.25, 0.3) is 0 Å². The highest BCUT2D eigenvalue weighted by molar-refractivity contribution is 8.77. The lowest BCUT2D eigenvalue weighted by Gasteiger charge is -2.32. The predicted molar refractivity (Wildman–Crippen MR) is 262 cm³/mol. The van der Waals surface area contributed by atoms with Gasteiger partial charge < -0.3 is 65.3 Å². The molecular formula is C43H62ClN13O9S2. The molecule has 22 nitrogen and oxygen atoms in total. The molecule has 2 aromatic rings. The maximum Gasteiger partial charge on any atom is 0.327 e. The first kappa shape index (κ1) is 56.1. The van der Waals surface area contributed by atoms with Crippen LogP contribution in [0.1, 0.15) is 64.5 Å². The SMILES string of the molecule is CC(=O)N[C@@H](CCCN=C(N)N)C(=O)N[C@@H](C)C(=O)N[C@@H]1CSSC(C)(C)[C@@H](C(=O)O)NC(=O)[C@H](Cc2ccc(Cl)cc2)NC(=O)[C@H](Cc2ccccc2)NC(=O)[C@H](CCCN=C(N)N)NC1=O. The van der Waals surface area contributed by atoms with Crippen LogP contribution >= 0.6 is 33.2 Å². The summed E-state index contributed by atoms with van der Waals surface area (Å²) >= 11 is 6.12. The van der Waals surface area contributed by atoms with Gasteiger partial charge in [0, 0.05) is 43.6 Å². The van der Waals surface area contributed by atoms with Crippen molar-refractivity contribution in [3.8, 4) is 0 Å². The number of rotatable bonds is 18. The Hall–Kier alpha value is -6.27. The topological polar surface area (TPSA) is 370 Å². The van der Waals surface area contributed by atoms with E-state index < -0.39 is 94.4 Å². The fourth-order valence-electron chi connectivity index (χ4n) is 6.67. The number of benzene rings is 2. The zero-order chi connectivity index (χ0) is 50.6. The van der Waals surface area contributed by atoms with E-state index in [2.05, 4.69) is 47.2 Å². The van der Waals surface area contributed by atoms with Crippen molar-refractivity contribution in [2.24, 2.45) is 32.9 Å². The van der Waals surface area contributed by atoms with Crippen LogP contribution in [0.5, 0.6) is 0 Å². The van der Waals surface area contributed by atoms with Crippen molar-refractivity contribution in [3.63, 3.8) is 0 Å². The van der Waals surface area contributed by atoms with Crippen molar-refractivity contribution in [3.05, 3.63) is 70.7 Å². The number of guanidine groups is 2. The Morgan fingerprint density at radius 1 is 0.765 bits per heavy atom. The number of carboxylic acids is 1. The summed E-state index contributed by atoms with van der Waals surface area (Å²) in [6, 6.07) is 5.85. The third-order valence-corrected chi connectivity index (χ3v) is 13.8. The molecule has 68 heavy (non-hydrogen) atoms. The van der Waals surface area contributed by atoms with E-state index >= 15 is 0 Å². The molecular weight excluding hydrogens is 942 g/mol. The summed E-state index contributed by atoms with van der Waals surface area (Å²) in [6.07, 6.45) is 0.386. The van der Waals surface area contributed by atoms with Crippen LogP contribution in [0.3, 0.4) is 0 Å². The first-order valence-corrected chi connectivity index (χ1v) is 24.3. The number of hydrogen-bond acceptors (Lipinski definition) is 12.